The minimum Gasteiger partial charge on any atom is -0.457 e. The van der Waals surface area contributed by atoms with Crippen LogP contribution in [0.4, 0.5) is 17.5 Å². The fraction of sp³-hybridized carbons (Fsp3) is 0.136. The van der Waals surface area contributed by atoms with Gasteiger partial charge in [-0.3, -0.25) is 0 Å². The maximum absolute atomic E-state index is 6.09. The lowest BCUT2D eigenvalue weighted by Gasteiger charge is -2.13. The second-order valence-corrected chi connectivity index (χ2v) is 7.89. The number of anilines is 3. The Morgan fingerprint density at radius 2 is 1.90 bits per heavy atom. The molecule has 0 amide bonds. The largest absolute Gasteiger partial charge is 0.457 e. The highest BCUT2D eigenvalue weighted by molar-refractivity contribution is 7.04. The predicted molar refractivity (Wildman–Crippen MR) is 124 cm³/mol. The molecule has 154 valence electrons. The molecule has 0 unspecified atom stereocenters. The third-order valence-electron chi connectivity index (χ3n) is 4.76. The Bertz CT molecular complexity index is 1400. The van der Waals surface area contributed by atoms with Crippen LogP contribution in [0.3, 0.4) is 0 Å². The normalized spacial score (nSPS) is 11.1. The molecule has 2 aromatic carbocycles. The summed E-state index contributed by atoms with van der Waals surface area (Å²) in [6.45, 7) is 2.01. The van der Waals surface area contributed by atoms with Crippen molar-refractivity contribution < 1.29 is 4.74 Å². The highest BCUT2D eigenvalue weighted by atomic mass is 32.1. The van der Waals surface area contributed by atoms with Crippen LogP contribution in [0, 0.1) is 6.92 Å². The van der Waals surface area contributed by atoms with Crippen molar-refractivity contribution in [2.45, 2.75) is 6.92 Å². The molecule has 0 aliphatic heterocycles. The molecule has 0 radical (unpaired) electrons. The van der Waals surface area contributed by atoms with E-state index in [2.05, 4.69) is 29.6 Å². The van der Waals surface area contributed by atoms with Gasteiger partial charge >= 0.3 is 0 Å². The molecule has 0 saturated carbocycles. The zero-order valence-corrected chi connectivity index (χ0v) is 18.0. The van der Waals surface area contributed by atoms with Crippen LogP contribution >= 0.6 is 11.5 Å². The topological polar surface area (TPSA) is 89.0 Å². The molecule has 3 aromatic heterocycles. The van der Waals surface area contributed by atoms with Crippen molar-refractivity contribution >= 4 is 50.9 Å². The molecule has 0 fully saturated rings. The Kier molecular flexibility index (Phi) is 4.79. The van der Waals surface area contributed by atoms with E-state index in [-0.39, 0.29) is 0 Å². The minimum atomic E-state index is 0.599. The third kappa shape index (κ3) is 3.82. The van der Waals surface area contributed by atoms with Crippen molar-refractivity contribution in [2.24, 2.45) is 0 Å². The van der Waals surface area contributed by atoms with E-state index in [1.54, 1.807) is 6.20 Å². The number of rotatable bonds is 5. The number of fused-ring (bicyclic) bond motifs is 2. The van der Waals surface area contributed by atoms with E-state index in [0.717, 1.165) is 33.7 Å². The van der Waals surface area contributed by atoms with Crippen LogP contribution in [0.2, 0.25) is 0 Å². The Hall–Kier alpha value is -3.85. The van der Waals surface area contributed by atoms with Crippen molar-refractivity contribution in [3.05, 3.63) is 59.9 Å². The van der Waals surface area contributed by atoms with Gasteiger partial charge in [0.15, 0.2) is 5.82 Å². The Balaban J connectivity index is 1.42. The summed E-state index contributed by atoms with van der Waals surface area (Å²) in [5.74, 6) is 2.77. The van der Waals surface area contributed by atoms with Crippen molar-refractivity contribution in [1.29, 1.82) is 0 Å². The van der Waals surface area contributed by atoms with Crippen molar-refractivity contribution in [3.8, 4) is 11.5 Å². The second kappa shape index (κ2) is 7.77. The summed E-state index contributed by atoms with van der Waals surface area (Å²) in [6.07, 6.45) is 3.20. The fourth-order valence-corrected chi connectivity index (χ4v) is 3.80. The van der Waals surface area contributed by atoms with Crippen LogP contribution < -0.4 is 15.0 Å². The number of ether oxygens (including phenoxy) is 1. The van der Waals surface area contributed by atoms with Crippen LogP contribution in [-0.2, 0) is 0 Å². The first-order valence-electron chi connectivity index (χ1n) is 9.61. The Morgan fingerprint density at radius 1 is 1.00 bits per heavy atom. The van der Waals surface area contributed by atoms with Gasteiger partial charge in [-0.2, -0.15) is 4.37 Å². The highest BCUT2D eigenvalue weighted by Crippen LogP contribution is 2.31. The standard InChI is InChI=1S/C22H19N7OS/c1-13-8-15(5-7-19(13)30-16-6-4-14-11-31-28-17(14)9-16)26-21-20-18(24-12-25-21)10-23-22(27-20)29(2)3/h4-12H,1-3H3,(H,24,25,26). The van der Waals surface area contributed by atoms with Crippen molar-refractivity contribution in [2.75, 3.05) is 24.3 Å². The molecule has 1 N–H and O–H groups in total. The first kappa shape index (κ1) is 19.1. The van der Waals surface area contributed by atoms with Crippen LogP contribution in [-0.4, -0.2) is 38.4 Å². The smallest absolute Gasteiger partial charge is 0.225 e. The van der Waals surface area contributed by atoms with E-state index in [0.29, 0.717) is 22.8 Å². The molecule has 3 heterocycles. The zero-order valence-electron chi connectivity index (χ0n) is 17.2. The average molecular weight is 430 g/mol. The molecular formula is C22H19N7OS. The minimum absolute atomic E-state index is 0.599. The monoisotopic (exact) mass is 429 g/mol. The van der Waals surface area contributed by atoms with E-state index in [4.69, 9.17) is 4.74 Å². The summed E-state index contributed by atoms with van der Waals surface area (Å²) in [5, 5.41) is 6.48. The van der Waals surface area contributed by atoms with Gasteiger partial charge in [0.25, 0.3) is 0 Å². The van der Waals surface area contributed by atoms with Gasteiger partial charge in [0.1, 0.15) is 28.9 Å². The van der Waals surface area contributed by atoms with Crippen LogP contribution in [0.15, 0.2) is 54.3 Å². The van der Waals surface area contributed by atoms with Gasteiger partial charge in [0.2, 0.25) is 5.95 Å². The first-order chi connectivity index (χ1) is 15.1. The molecule has 0 bridgehead atoms. The number of hydrogen-bond donors (Lipinski definition) is 1. The van der Waals surface area contributed by atoms with Crippen molar-refractivity contribution in [1.82, 2.24) is 24.3 Å². The zero-order chi connectivity index (χ0) is 21.4. The highest BCUT2D eigenvalue weighted by Gasteiger charge is 2.11. The number of hydrogen-bond acceptors (Lipinski definition) is 9. The van der Waals surface area contributed by atoms with Gasteiger partial charge in [0, 0.05) is 36.6 Å². The summed E-state index contributed by atoms with van der Waals surface area (Å²) >= 11 is 1.44. The van der Waals surface area contributed by atoms with Crippen molar-refractivity contribution in [3.63, 3.8) is 0 Å². The SMILES string of the molecule is Cc1cc(Nc2ncnc3cnc(N(C)C)nc23)ccc1Oc1ccc2csnc2c1. The summed E-state index contributed by atoms with van der Waals surface area (Å²) in [4.78, 5) is 19.4. The number of nitrogens with zero attached hydrogens (tertiary/aromatic N) is 6. The predicted octanol–water partition coefficient (Wildman–Crippen LogP) is 4.94. The van der Waals surface area contributed by atoms with Gasteiger partial charge in [0.05, 0.1) is 11.7 Å². The quantitative estimate of drug-likeness (QED) is 0.420. The molecule has 9 heteroatoms. The number of benzene rings is 2. The molecule has 0 aliphatic rings. The number of aryl methyl sites for hydroxylation is 1. The Labute approximate surface area is 182 Å². The molecule has 5 aromatic rings. The van der Waals surface area contributed by atoms with E-state index in [9.17, 15) is 0 Å². The maximum Gasteiger partial charge on any atom is 0.225 e. The number of nitrogens with one attached hydrogen (secondary N) is 1. The van der Waals surface area contributed by atoms with Crippen LogP contribution in [0.25, 0.3) is 21.9 Å². The molecular weight excluding hydrogens is 410 g/mol. The van der Waals surface area contributed by atoms with Gasteiger partial charge in [-0.1, -0.05) is 0 Å². The maximum atomic E-state index is 6.09. The van der Waals surface area contributed by atoms with Gasteiger partial charge in [-0.15, -0.1) is 0 Å². The van der Waals surface area contributed by atoms with E-state index >= 15 is 0 Å². The summed E-state index contributed by atoms with van der Waals surface area (Å²) in [6, 6.07) is 11.8. The lowest BCUT2D eigenvalue weighted by Crippen LogP contribution is -2.13. The van der Waals surface area contributed by atoms with Gasteiger partial charge < -0.3 is 15.0 Å². The van der Waals surface area contributed by atoms with Crippen LogP contribution in [0.1, 0.15) is 5.56 Å². The molecule has 0 atom stereocenters. The second-order valence-electron chi connectivity index (χ2n) is 7.26. The summed E-state index contributed by atoms with van der Waals surface area (Å²) < 4.78 is 10.5. The molecule has 31 heavy (non-hydrogen) atoms. The summed E-state index contributed by atoms with van der Waals surface area (Å²) in [5.41, 5.74) is 4.15. The fourth-order valence-electron chi connectivity index (χ4n) is 3.16. The van der Waals surface area contributed by atoms with Gasteiger partial charge in [-0.05, 0) is 54.4 Å². The van der Waals surface area contributed by atoms with Gasteiger partial charge in [-0.25, -0.2) is 19.9 Å². The lowest BCUT2D eigenvalue weighted by atomic mass is 10.2. The average Bonchev–Trinajstić information content (AvgIpc) is 3.23. The Morgan fingerprint density at radius 3 is 2.74 bits per heavy atom. The molecule has 0 saturated heterocycles. The van der Waals surface area contributed by atoms with E-state index < -0.39 is 0 Å². The van der Waals surface area contributed by atoms with Crippen LogP contribution in [0.5, 0.6) is 11.5 Å². The molecule has 0 aliphatic carbocycles. The van der Waals surface area contributed by atoms with E-state index in [1.165, 1.54) is 17.9 Å². The van der Waals surface area contributed by atoms with E-state index in [1.807, 2.05) is 67.7 Å². The first-order valence-corrected chi connectivity index (χ1v) is 10.5. The lowest BCUT2D eigenvalue weighted by molar-refractivity contribution is 0.479. The molecule has 8 nitrogen and oxygen atoms in total. The molecule has 5 rings (SSSR count). The third-order valence-corrected chi connectivity index (χ3v) is 5.42. The molecule has 0 spiro atoms. The summed E-state index contributed by atoms with van der Waals surface area (Å²) in [7, 11) is 3.79. The number of aromatic nitrogens is 5.